The maximum atomic E-state index is 11.5. The highest BCUT2D eigenvalue weighted by Gasteiger charge is 2.02. The summed E-state index contributed by atoms with van der Waals surface area (Å²) >= 11 is 0. The molecule has 0 aliphatic rings. The van der Waals surface area contributed by atoms with Crippen LogP contribution in [0.5, 0.6) is 0 Å². The summed E-state index contributed by atoms with van der Waals surface area (Å²) in [5, 5.41) is 8.41. The molecule has 0 saturated heterocycles. The lowest BCUT2D eigenvalue weighted by Gasteiger charge is -2.04. The van der Waals surface area contributed by atoms with Gasteiger partial charge in [-0.1, -0.05) is 0 Å². The Morgan fingerprint density at radius 1 is 1.50 bits per heavy atom. The van der Waals surface area contributed by atoms with Crippen molar-refractivity contribution in [2.75, 3.05) is 6.54 Å². The third-order valence-electron chi connectivity index (χ3n) is 1.73. The molecule has 0 radical (unpaired) electrons. The van der Waals surface area contributed by atoms with Crippen LogP contribution >= 0.6 is 0 Å². The van der Waals surface area contributed by atoms with Crippen LogP contribution in [0, 0.1) is 11.3 Å². The average Bonchev–Trinajstić information content (AvgIpc) is 2.17. The Morgan fingerprint density at radius 2 is 2.21 bits per heavy atom. The lowest BCUT2D eigenvalue weighted by molar-refractivity contribution is 0.585. The fraction of sp³-hybridized carbons (Fsp3) is 0.375. The summed E-state index contributed by atoms with van der Waals surface area (Å²) in [6, 6.07) is 3.07. The maximum absolute atomic E-state index is 11.5. The molecule has 0 aliphatic heterocycles. The molecule has 0 atom stereocenters. The topological polar surface area (TPSA) is 93.8 Å². The Labute approximate surface area is 79.8 Å². The molecule has 74 valence electrons. The quantitative estimate of drug-likeness (QED) is 0.633. The van der Waals surface area contributed by atoms with Crippen molar-refractivity contribution in [2.45, 2.75) is 13.1 Å². The molecule has 1 rings (SSSR count). The SMILES string of the molecule is N#CCn1ccc(=O)n(CCN)c1=O. The Morgan fingerprint density at radius 3 is 2.79 bits per heavy atom. The minimum atomic E-state index is -0.496. The summed E-state index contributed by atoms with van der Waals surface area (Å²) < 4.78 is 2.17. The number of rotatable bonds is 3. The Balaban J connectivity index is 3.28. The Bertz CT molecular complexity index is 465. The molecule has 6 heteroatoms. The lowest BCUT2D eigenvalue weighted by Crippen LogP contribution is -2.40. The normalized spacial score (nSPS) is 9.71. The van der Waals surface area contributed by atoms with Gasteiger partial charge in [0.25, 0.3) is 5.56 Å². The average molecular weight is 194 g/mol. The van der Waals surface area contributed by atoms with E-state index in [0.29, 0.717) is 0 Å². The number of aromatic nitrogens is 2. The summed E-state index contributed by atoms with van der Waals surface area (Å²) in [6.45, 7) is 0.319. The van der Waals surface area contributed by atoms with E-state index >= 15 is 0 Å². The molecule has 0 bridgehead atoms. The van der Waals surface area contributed by atoms with Crippen LogP contribution in [0.2, 0.25) is 0 Å². The molecule has 0 aliphatic carbocycles. The second kappa shape index (κ2) is 4.39. The van der Waals surface area contributed by atoms with Crippen LogP contribution in [0.4, 0.5) is 0 Å². The summed E-state index contributed by atoms with van der Waals surface area (Å²) in [6.07, 6.45) is 1.31. The maximum Gasteiger partial charge on any atom is 0.331 e. The van der Waals surface area contributed by atoms with E-state index in [-0.39, 0.29) is 19.6 Å². The van der Waals surface area contributed by atoms with E-state index in [1.165, 1.54) is 12.3 Å². The first-order chi connectivity index (χ1) is 6.70. The van der Waals surface area contributed by atoms with Crippen LogP contribution < -0.4 is 17.0 Å². The molecule has 0 fully saturated rings. The second-order valence-corrected chi connectivity index (χ2v) is 2.66. The van der Waals surface area contributed by atoms with Gasteiger partial charge in [-0.15, -0.1) is 0 Å². The van der Waals surface area contributed by atoms with E-state index in [1.807, 2.05) is 6.07 Å². The number of hydrogen-bond acceptors (Lipinski definition) is 4. The highest BCUT2D eigenvalue weighted by Crippen LogP contribution is 1.77. The second-order valence-electron chi connectivity index (χ2n) is 2.66. The van der Waals surface area contributed by atoms with Gasteiger partial charge in [-0.2, -0.15) is 5.26 Å². The standard InChI is InChI=1S/C8H10N4O2/c9-2-5-11-4-1-7(13)12(6-3-10)8(11)14/h1,4H,3,5-6,10H2. The van der Waals surface area contributed by atoms with E-state index in [4.69, 9.17) is 11.0 Å². The van der Waals surface area contributed by atoms with Crippen molar-refractivity contribution >= 4 is 0 Å². The molecule has 0 amide bonds. The number of nitrogens with zero attached hydrogens (tertiary/aromatic N) is 3. The fourth-order valence-corrected chi connectivity index (χ4v) is 1.09. The van der Waals surface area contributed by atoms with Gasteiger partial charge in [-0.05, 0) is 0 Å². The molecule has 6 nitrogen and oxygen atoms in total. The molecule has 1 aromatic heterocycles. The molecular weight excluding hydrogens is 184 g/mol. The minimum absolute atomic E-state index is 0.0658. The molecule has 1 heterocycles. The van der Waals surface area contributed by atoms with Crippen LogP contribution in [0.15, 0.2) is 21.9 Å². The highest BCUT2D eigenvalue weighted by molar-refractivity contribution is 4.88. The zero-order chi connectivity index (χ0) is 10.6. The molecule has 0 unspecified atom stereocenters. The summed E-state index contributed by atoms with van der Waals surface area (Å²) in [7, 11) is 0. The number of nitrogens with two attached hydrogens (primary N) is 1. The van der Waals surface area contributed by atoms with Gasteiger partial charge in [0.1, 0.15) is 6.54 Å². The Kier molecular flexibility index (Phi) is 3.20. The molecule has 0 saturated carbocycles. The van der Waals surface area contributed by atoms with Crippen LogP contribution in [0.1, 0.15) is 0 Å². The van der Waals surface area contributed by atoms with E-state index in [0.717, 1.165) is 9.13 Å². The van der Waals surface area contributed by atoms with Gasteiger partial charge in [0.2, 0.25) is 0 Å². The van der Waals surface area contributed by atoms with Crippen molar-refractivity contribution in [3.8, 4) is 6.07 Å². The fourth-order valence-electron chi connectivity index (χ4n) is 1.09. The third-order valence-corrected chi connectivity index (χ3v) is 1.73. The van der Waals surface area contributed by atoms with Gasteiger partial charge in [0.15, 0.2) is 0 Å². The molecule has 2 N–H and O–H groups in total. The summed E-state index contributed by atoms with van der Waals surface area (Å²) in [4.78, 5) is 22.7. The molecular formula is C8H10N4O2. The van der Waals surface area contributed by atoms with Crippen LogP contribution in [0.25, 0.3) is 0 Å². The van der Waals surface area contributed by atoms with E-state index in [9.17, 15) is 9.59 Å². The first kappa shape index (κ1) is 10.2. The minimum Gasteiger partial charge on any atom is -0.329 e. The molecule has 0 aromatic carbocycles. The zero-order valence-electron chi connectivity index (χ0n) is 7.51. The van der Waals surface area contributed by atoms with Crippen LogP contribution in [-0.2, 0) is 13.1 Å². The first-order valence-corrected chi connectivity index (χ1v) is 4.08. The predicted octanol–water partition coefficient (Wildman–Crippen LogP) is -1.51. The van der Waals surface area contributed by atoms with Crippen molar-refractivity contribution in [2.24, 2.45) is 5.73 Å². The van der Waals surface area contributed by atoms with Crippen molar-refractivity contribution in [1.29, 1.82) is 5.26 Å². The van der Waals surface area contributed by atoms with E-state index in [1.54, 1.807) is 0 Å². The predicted molar refractivity (Wildman–Crippen MR) is 49.6 cm³/mol. The van der Waals surface area contributed by atoms with E-state index < -0.39 is 11.2 Å². The van der Waals surface area contributed by atoms with Crippen LogP contribution in [-0.4, -0.2) is 15.7 Å². The van der Waals surface area contributed by atoms with Gasteiger partial charge in [-0.25, -0.2) is 4.79 Å². The highest BCUT2D eigenvalue weighted by atomic mass is 16.2. The van der Waals surface area contributed by atoms with Crippen molar-refractivity contribution in [3.63, 3.8) is 0 Å². The lowest BCUT2D eigenvalue weighted by atomic mass is 10.5. The molecule has 0 spiro atoms. The van der Waals surface area contributed by atoms with Gasteiger partial charge >= 0.3 is 5.69 Å². The Hall–Kier alpha value is -1.87. The third kappa shape index (κ3) is 1.89. The van der Waals surface area contributed by atoms with Gasteiger partial charge in [0.05, 0.1) is 6.07 Å². The first-order valence-electron chi connectivity index (χ1n) is 4.08. The zero-order valence-corrected chi connectivity index (χ0v) is 7.51. The van der Waals surface area contributed by atoms with Gasteiger partial charge in [-0.3, -0.25) is 13.9 Å². The van der Waals surface area contributed by atoms with E-state index in [2.05, 4.69) is 0 Å². The monoisotopic (exact) mass is 194 g/mol. The van der Waals surface area contributed by atoms with Crippen molar-refractivity contribution in [1.82, 2.24) is 9.13 Å². The smallest absolute Gasteiger partial charge is 0.329 e. The largest absolute Gasteiger partial charge is 0.331 e. The van der Waals surface area contributed by atoms with Gasteiger partial charge in [0, 0.05) is 25.4 Å². The van der Waals surface area contributed by atoms with Crippen LogP contribution in [0.3, 0.4) is 0 Å². The number of nitriles is 1. The number of hydrogen-bond donors (Lipinski definition) is 1. The van der Waals surface area contributed by atoms with Gasteiger partial charge < -0.3 is 5.73 Å². The summed E-state index contributed by atoms with van der Waals surface area (Å²) in [5.41, 5.74) is 4.36. The van der Waals surface area contributed by atoms with Crippen molar-refractivity contribution in [3.05, 3.63) is 33.1 Å². The summed E-state index contributed by atoms with van der Waals surface area (Å²) in [5.74, 6) is 0. The van der Waals surface area contributed by atoms with Crippen molar-refractivity contribution < 1.29 is 0 Å². The molecule has 14 heavy (non-hydrogen) atoms. The molecule has 1 aromatic rings.